The summed E-state index contributed by atoms with van der Waals surface area (Å²) in [5, 5.41) is 2.89. The third-order valence-electron chi connectivity index (χ3n) is 2.92. The summed E-state index contributed by atoms with van der Waals surface area (Å²) in [7, 11) is 1.73. The Bertz CT molecular complexity index is 385. The minimum atomic E-state index is -0.904. The summed E-state index contributed by atoms with van der Waals surface area (Å²) in [6.45, 7) is 0.802. The van der Waals surface area contributed by atoms with Crippen molar-refractivity contribution in [1.29, 1.82) is 0 Å². The monoisotopic (exact) mass is 237 g/mol. The molecule has 1 aromatic rings. The molecular weight excluding hydrogens is 221 g/mol. The van der Waals surface area contributed by atoms with Gasteiger partial charge in [0, 0.05) is 39.0 Å². The Morgan fingerprint density at radius 3 is 2.88 bits per heavy atom. The lowest BCUT2D eigenvalue weighted by Gasteiger charge is -2.21. The van der Waals surface area contributed by atoms with Gasteiger partial charge in [-0.25, -0.2) is 4.39 Å². The first-order valence-corrected chi connectivity index (χ1v) is 5.68. The molecule has 1 aliphatic rings. The second kappa shape index (κ2) is 5.23. The first-order valence-electron chi connectivity index (χ1n) is 5.68. The van der Waals surface area contributed by atoms with E-state index >= 15 is 0 Å². The molecule has 2 rings (SSSR count). The number of alkyl halides is 1. The van der Waals surface area contributed by atoms with Crippen molar-refractivity contribution >= 4 is 5.91 Å². The number of nitrogens with zero attached hydrogens (tertiary/aromatic N) is 2. The molecule has 0 aliphatic carbocycles. The van der Waals surface area contributed by atoms with Crippen LogP contribution >= 0.6 is 0 Å². The average Bonchev–Trinajstić information content (AvgIpc) is 2.76. The van der Waals surface area contributed by atoms with Gasteiger partial charge in [0.2, 0.25) is 5.91 Å². The molecule has 92 valence electrons. The van der Waals surface area contributed by atoms with E-state index in [4.69, 9.17) is 0 Å². The van der Waals surface area contributed by atoms with Crippen molar-refractivity contribution in [3.63, 3.8) is 0 Å². The highest BCUT2D eigenvalue weighted by atomic mass is 19.1. The second-order valence-corrected chi connectivity index (χ2v) is 4.34. The van der Waals surface area contributed by atoms with E-state index in [0.717, 1.165) is 5.56 Å². The van der Waals surface area contributed by atoms with E-state index in [1.807, 2.05) is 12.1 Å². The van der Waals surface area contributed by atoms with E-state index < -0.39 is 6.17 Å². The van der Waals surface area contributed by atoms with Crippen LogP contribution in [0.3, 0.4) is 0 Å². The minimum absolute atomic E-state index is 0.0537. The molecule has 1 amide bonds. The van der Waals surface area contributed by atoms with Gasteiger partial charge in [-0.1, -0.05) is 0 Å². The van der Waals surface area contributed by atoms with Gasteiger partial charge in [0.05, 0.1) is 6.04 Å². The average molecular weight is 237 g/mol. The Kier molecular flexibility index (Phi) is 3.68. The molecule has 1 aromatic heterocycles. The normalized spacial score (nSPS) is 23.6. The Morgan fingerprint density at radius 2 is 2.29 bits per heavy atom. The molecule has 2 atom stereocenters. The van der Waals surface area contributed by atoms with Crippen molar-refractivity contribution in [3.8, 4) is 0 Å². The minimum Gasteiger partial charge on any atom is -0.340 e. The number of aromatic nitrogens is 1. The van der Waals surface area contributed by atoms with Crippen LogP contribution in [0.5, 0.6) is 0 Å². The predicted octanol–water partition coefficient (Wildman–Crippen LogP) is 0.740. The van der Waals surface area contributed by atoms with Crippen LogP contribution in [0.2, 0.25) is 0 Å². The summed E-state index contributed by atoms with van der Waals surface area (Å²) in [6.07, 6.45) is 2.76. The van der Waals surface area contributed by atoms with Crippen molar-refractivity contribution in [3.05, 3.63) is 30.1 Å². The van der Waals surface area contributed by atoms with Crippen LogP contribution in [0.25, 0.3) is 0 Å². The Morgan fingerprint density at radius 1 is 1.59 bits per heavy atom. The molecule has 1 saturated heterocycles. The summed E-state index contributed by atoms with van der Waals surface area (Å²) in [6, 6.07) is 3.35. The van der Waals surface area contributed by atoms with Gasteiger partial charge in [-0.2, -0.15) is 0 Å². The molecule has 0 unspecified atom stereocenters. The molecule has 1 N–H and O–H groups in total. The van der Waals surface area contributed by atoms with E-state index in [1.54, 1.807) is 24.3 Å². The van der Waals surface area contributed by atoms with Crippen LogP contribution < -0.4 is 5.32 Å². The van der Waals surface area contributed by atoms with Crippen molar-refractivity contribution in [1.82, 2.24) is 15.2 Å². The third kappa shape index (κ3) is 3.00. The summed E-state index contributed by atoms with van der Waals surface area (Å²) < 4.78 is 13.0. The van der Waals surface area contributed by atoms with Crippen LogP contribution in [-0.2, 0) is 11.3 Å². The fourth-order valence-electron chi connectivity index (χ4n) is 1.99. The molecule has 17 heavy (non-hydrogen) atoms. The van der Waals surface area contributed by atoms with Gasteiger partial charge in [0.15, 0.2) is 0 Å². The lowest BCUT2D eigenvalue weighted by molar-refractivity contribution is -0.132. The van der Waals surface area contributed by atoms with Gasteiger partial charge in [-0.3, -0.25) is 9.78 Å². The first-order chi connectivity index (χ1) is 8.16. The summed E-state index contributed by atoms with van der Waals surface area (Å²) in [5.41, 5.74) is 1.02. The van der Waals surface area contributed by atoms with Crippen LogP contribution in [-0.4, -0.2) is 41.6 Å². The lowest BCUT2D eigenvalue weighted by atomic mass is 10.2. The van der Waals surface area contributed by atoms with Gasteiger partial charge >= 0.3 is 0 Å². The number of hydrogen-bond acceptors (Lipinski definition) is 3. The van der Waals surface area contributed by atoms with Crippen LogP contribution in [0.15, 0.2) is 24.5 Å². The third-order valence-corrected chi connectivity index (χ3v) is 2.92. The Hall–Kier alpha value is -1.49. The molecule has 2 heterocycles. The van der Waals surface area contributed by atoms with E-state index in [-0.39, 0.29) is 24.9 Å². The topological polar surface area (TPSA) is 45.2 Å². The number of carbonyl (C=O) groups is 1. The van der Waals surface area contributed by atoms with Crippen molar-refractivity contribution in [2.24, 2.45) is 0 Å². The molecule has 0 saturated carbocycles. The summed E-state index contributed by atoms with van der Waals surface area (Å²) in [4.78, 5) is 17.5. The van der Waals surface area contributed by atoms with Gasteiger partial charge < -0.3 is 10.2 Å². The highest BCUT2D eigenvalue weighted by Gasteiger charge is 2.30. The number of carbonyl (C=O) groups excluding carboxylic acids is 1. The zero-order chi connectivity index (χ0) is 12.3. The molecule has 0 bridgehead atoms. The van der Waals surface area contributed by atoms with Crippen molar-refractivity contribution < 1.29 is 9.18 Å². The summed E-state index contributed by atoms with van der Waals surface area (Å²) >= 11 is 0. The predicted molar refractivity (Wildman–Crippen MR) is 62.0 cm³/mol. The van der Waals surface area contributed by atoms with Gasteiger partial charge in [0.25, 0.3) is 0 Å². The van der Waals surface area contributed by atoms with E-state index in [9.17, 15) is 9.18 Å². The quantitative estimate of drug-likeness (QED) is 0.843. The number of likely N-dealkylation sites (N-methyl/N-ethyl adjacent to an activating group) is 1. The molecule has 1 aliphatic heterocycles. The maximum absolute atomic E-state index is 13.0. The fraction of sp³-hybridized carbons (Fsp3) is 0.500. The van der Waals surface area contributed by atoms with Crippen LogP contribution in [0.1, 0.15) is 12.0 Å². The van der Waals surface area contributed by atoms with Gasteiger partial charge in [-0.05, 0) is 17.7 Å². The highest BCUT2D eigenvalue weighted by Crippen LogP contribution is 2.13. The molecule has 0 radical (unpaired) electrons. The smallest absolute Gasteiger partial charge is 0.239 e. The van der Waals surface area contributed by atoms with Crippen molar-refractivity contribution in [2.45, 2.75) is 25.2 Å². The van der Waals surface area contributed by atoms with E-state index in [1.165, 1.54) is 0 Å². The van der Waals surface area contributed by atoms with E-state index in [2.05, 4.69) is 10.3 Å². The number of halogens is 1. The second-order valence-electron chi connectivity index (χ2n) is 4.34. The zero-order valence-corrected chi connectivity index (χ0v) is 9.77. The summed E-state index contributed by atoms with van der Waals surface area (Å²) in [5.74, 6) is -0.0537. The van der Waals surface area contributed by atoms with Gasteiger partial charge in [-0.15, -0.1) is 0 Å². The number of pyridine rings is 1. The van der Waals surface area contributed by atoms with E-state index in [0.29, 0.717) is 6.54 Å². The molecule has 0 aromatic carbocycles. The Labute approximate surface area is 99.8 Å². The fourth-order valence-corrected chi connectivity index (χ4v) is 1.99. The number of amides is 1. The molecular formula is C12H16FN3O. The maximum atomic E-state index is 13.0. The standard InChI is InChI=1S/C12H16FN3O/c1-16(8-9-2-4-14-5-3-9)12(17)11-6-10(13)7-15-11/h2-5,10-11,15H,6-8H2,1H3/t10-,11+/m0/s1. The maximum Gasteiger partial charge on any atom is 0.239 e. The van der Waals surface area contributed by atoms with Gasteiger partial charge in [0.1, 0.15) is 6.17 Å². The first kappa shape index (κ1) is 12.0. The number of rotatable bonds is 3. The van der Waals surface area contributed by atoms with Crippen LogP contribution in [0, 0.1) is 0 Å². The molecule has 4 nitrogen and oxygen atoms in total. The lowest BCUT2D eigenvalue weighted by Crippen LogP contribution is -2.41. The van der Waals surface area contributed by atoms with Crippen LogP contribution in [0.4, 0.5) is 4.39 Å². The number of hydrogen-bond donors (Lipinski definition) is 1. The largest absolute Gasteiger partial charge is 0.340 e. The highest BCUT2D eigenvalue weighted by molar-refractivity contribution is 5.82. The molecule has 5 heteroatoms. The molecule has 0 spiro atoms. The Balaban J connectivity index is 1.92. The van der Waals surface area contributed by atoms with Crippen molar-refractivity contribution in [2.75, 3.05) is 13.6 Å². The molecule has 1 fully saturated rings. The SMILES string of the molecule is CN(Cc1ccncc1)C(=O)[C@H]1C[C@H](F)CN1. The number of nitrogens with one attached hydrogen (secondary N) is 1. The zero-order valence-electron chi connectivity index (χ0n) is 9.77.